The number of nitrogens with zero attached hydrogens (tertiary/aromatic N) is 6. The Balaban J connectivity index is 1.24. The molecule has 5 rings (SSSR count). The molecule has 0 saturated heterocycles. The number of hydrogen-bond donors (Lipinski definition) is 1. The van der Waals surface area contributed by atoms with Crippen molar-refractivity contribution < 1.29 is 12.9 Å². The summed E-state index contributed by atoms with van der Waals surface area (Å²) in [5, 5.41) is 17.0. The molecule has 0 fully saturated rings. The lowest BCUT2D eigenvalue weighted by Gasteiger charge is -2.09. The molecule has 0 unspecified atom stereocenters. The standard InChI is InChI=1S/C22H19N7O3S/c1-15-20-13-19(14-23-22(20)32-26-15)33(30,31)27-18-9-7-16(8-10-18)11-12-29-25-21(24-28-29)17-5-3-2-4-6-17/h2-10,13-14,27H,11-12H2,1H3. The predicted molar refractivity (Wildman–Crippen MR) is 121 cm³/mol. The van der Waals surface area contributed by atoms with Gasteiger partial charge in [-0.05, 0) is 42.3 Å². The fourth-order valence-corrected chi connectivity index (χ4v) is 4.32. The normalized spacial score (nSPS) is 11.7. The third-order valence-electron chi connectivity index (χ3n) is 5.09. The monoisotopic (exact) mass is 461 g/mol. The number of anilines is 1. The summed E-state index contributed by atoms with van der Waals surface area (Å²) in [6.07, 6.45) is 1.92. The van der Waals surface area contributed by atoms with Gasteiger partial charge in [-0.1, -0.05) is 47.6 Å². The summed E-state index contributed by atoms with van der Waals surface area (Å²) in [6.45, 7) is 2.28. The Kier molecular flexibility index (Phi) is 5.31. The number of tetrazole rings is 1. The quantitative estimate of drug-likeness (QED) is 0.391. The molecule has 5 aromatic rings. The van der Waals surface area contributed by atoms with Crippen LogP contribution >= 0.6 is 0 Å². The zero-order valence-electron chi connectivity index (χ0n) is 17.6. The molecule has 3 heterocycles. The van der Waals surface area contributed by atoms with E-state index in [1.165, 1.54) is 12.3 Å². The molecule has 11 heteroatoms. The molecule has 0 atom stereocenters. The van der Waals surface area contributed by atoms with E-state index in [9.17, 15) is 8.42 Å². The summed E-state index contributed by atoms with van der Waals surface area (Å²) in [6, 6.07) is 18.3. The Morgan fingerprint density at radius 3 is 2.64 bits per heavy atom. The highest BCUT2D eigenvalue weighted by Gasteiger charge is 2.17. The van der Waals surface area contributed by atoms with E-state index in [1.807, 2.05) is 42.5 Å². The second-order valence-corrected chi connectivity index (χ2v) is 9.10. The lowest BCUT2D eigenvalue weighted by Crippen LogP contribution is -2.13. The van der Waals surface area contributed by atoms with Crippen molar-refractivity contribution in [2.45, 2.75) is 24.8 Å². The summed E-state index contributed by atoms with van der Waals surface area (Å²) in [5.74, 6) is 0.578. The highest BCUT2D eigenvalue weighted by atomic mass is 32.2. The third-order valence-corrected chi connectivity index (χ3v) is 6.43. The molecule has 2 aromatic carbocycles. The second kappa shape index (κ2) is 8.43. The molecule has 0 aliphatic rings. The zero-order chi connectivity index (χ0) is 22.8. The smallest absolute Gasteiger partial charge is 0.263 e. The fraction of sp³-hybridized carbons (Fsp3) is 0.136. The molecule has 1 N–H and O–H groups in total. The first-order valence-corrected chi connectivity index (χ1v) is 11.6. The van der Waals surface area contributed by atoms with Crippen molar-refractivity contribution in [3.63, 3.8) is 0 Å². The second-order valence-electron chi connectivity index (χ2n) is 7.42. The summed E-state index contributed by atoms with van der Waals surface area (Å²) >= 11 is 0. The van der Waals surface area contributed by atoms with Gasteiger partial charge in [0.15, 0.2) is 0 Å². The molecule has 0 bridgehead atoms. The van der Waals surface area contributed by atoms with Crippen LogP contribution in [0.5, 0.6) is 0 Å². The molecule has 0 radical (unpaired) electrons. The van der Waals surface area contributed by atoms with E-state index in [4.69, 9.17) is 4.52 Å². The van der Waals surface area contributed by atoms with Gasteiger partial charge in [-0.15, -0.1) is 10.2 Å². The number of sulfonamides is 1. The minimum atomic E-state index is -3.81. The molecule has 0 aliphatic heterocycles. The van der Waals surface area contributed by atoms with Crippen molar-refractivity contribution in [1.82, 2.24) is 30.3 Å². The van der Waals surface area contributed by atoms with Crippen molar-refractivity contribution in [3.05, 3.63) is 78.1 Å². The first kappa shape index (κ1) is 20.8. The van der Waals surface area contributed by atoms with Crippen LogP contribution in [0.3, 0.4) is 0 Å². The van der Waals surface area contributed by atoms with Gasteiger partial charge in [-0.25, -0.2) is 13.4 Å². The van der Waals surface area contributed by atoms with Gasteiger partial charge in [0.05, 0.1) is 23.8 Å². The van der Waals surface area contributed by atoms with Crippen LogP contribution in [0, 0.1) is 6.92 Å². The third kappa shape index (κ3) is 4.44. The molecule has 10 nitrogen and oxygen atoms in total. The highest BCUT2D eigenvalue weighted by Crippen LogP contribution is 2.22. The van der Waals surface area contributed by atoms with E-state index < -0.39 is 10.0 Å². The van der Waals surface area contributed by atoms with Crippen molar-refractivity contribution in [2.24, 2.45) is 0 Å². The maximum Gasteiger partial charge on any atom is 0.263 e. The van der Waals surface area contributed by atoms with Crippen LogP contribution < -0.4 is 4.72 Å². The van der Waals surface area contributed by atoms with Crippen LogP contribution in [0.4, 0.5) is 5.69 Å². The van der Waals surface area contributed by atoms with E-state index in [2.05, 4.69) is 30.3 Å². The highest BCUT2D eigenvalue weighted by molar-refractivity contribution is 7.92. The van der Waals surface area contributed by atoms with Crippen LogP contribution in [-0.2, 0) is 23.0 Å². The summed E-state index contributed by atoms with van der Waals surface area (Å²) in [7, 11) is -3.81. The lowest BCUT2D eigenvalue weighted by molar-refractivity contribution is 0.442. The number of hydrogen-bond acceptors (Lipinski definition) is 8. The Morgan fingerprint density at radius 2 is 1.85 bits per heavy atom. The average Bonchev–Trinajstić information content (AvgIpc) is 3.46. The van der Waals surface area contributed by atoms with E-state index in [-0.39, 0.29) is 4.90 Å². The maximum atomic E-state index is 12.8. The van der Waals surface area contributed by atoms with Crippen LogP contribution in [0.25, 0.3) is 22.5 Å². The number of rotatable bonds is 7. The molecule has 166 valence electrons. The zero-order valence-corrected chi connectivity index (χ0v) is 18.4. The van der Waals surface area contributed by atoms with Crippen molar-refractivity contribution in [1.29, 1.82) is 0 Å². The van der Waals surface area contributed by atoms with Gasteiger partial charge in [0.1, 0.15) is 4.90 Å². The maximum absolute atomic E-state index is 12.8. The molecule has 3 aromatic heterocycles. The lowest BCUT2D eigenvalue weighted by atomic mass is 10.1. The summed E-state index contributed by atoms with van der Waals surface area (Å²) in [4.78, 5) is 5.62. The molecule has 33 heavy (non-hydrogen) atoms. The fourth-order valence-electron chi connectivity index (χ4n) is 3.30. The van der Waals surface area contributed by atoms with Gasteiger partial charge < -0.3 is 4.52 Å². The minimum Gasteiger partial charge on any atom is -0.336 e. The number of benzene rings is 2. The summed E-state index contributed by atoms with van der Waals surface area (Å²) in [5.41, 5.74) is 3.25. The van der Waals surface area contributed by atoms with Crippen LogP contribution in [-0.4, -0.2) is 38.8 Å². The van der Waals surface area contributed by atoms with Crippen LogP contribution in [0.2, 0.25) is 0 Å². The average molecular weight is 462 g/mol. The van der Waals surface area contributed by atoms with Crippen molar-refractivity contribution in [2.75, 3.05) is 4.72 Å². The number of nitrogens with one attached hydrogen (secondary N) is 1. The number of aryl methyl sites for hydroxylation is 3. The first-order valence-electron chi connectivity index (χ1n) is 10.1. The molecule has 0 spiro atoms. The number of aromatic nitrogens is 6. The van der Waals surface area contributed by atoms with Gasteiger partial charge in [-0.3, -0.25) is 4.72 Å². The Morgan fingerprint density at radius 1 is 1.06 bits per heavy atom. The molecule has 0 aliphatic carbocycles. The predicted octanol–water partition coefficient (Wildman–Crippen LogP) is 3.23. The van der Waals surface area contributed by atoms with Gasteiger partial charge in [-0.2, -0.15) is 4.80 Å². The number of pyridine rings is 1. The van der Waals surface area contributed by atoms with Gasteiger partial charge in [0.25, 0.3) is 15.7 Å². The molecule has 0 amide bonds. The Bertz CT molecular complexity index is 1510. The van der Waals surface area contributed by atoms with Gasteiger partial charge >= 0.3 is 0 Å². The van der Waals surface area contributed by atoms with Gasteiger partial charge in [0, 0.05) is 11.3 Å². The van der Waals surface area contributed by atoms with Crippen molar-refractivity contribution in [3.8, 4) is 11.4 Å². The number of fused-ring (bicyclic) bond motifs is 1. The van der Waals surface area contributed by atoms with Crippen molar-refractivity contribution >= 4 is 26.8 Å². The first-order chi connectivity index (χ1) is 16.0. The van der Waals surface area contributed by atoms with E-state index in [0.29, 0.717) is 41.3 Å². The van der Waals surface area contributed by atoms with Crippen LogP contribution in [0.15, 0.2) is 76.3 Å². The minimum absolute atomic E-state index is 0.0388. The van der Waals surface area contributed by atoms with E-state index in [0.717, 1.165) is 11.1 Å². The summed E-state index contributed by atoms with van der Waals surface area (Å²) < 4.78 is 33.1. The molecular weight excluding hydrogens is 442 g/mol. The Hall–Kier alpha value is -4.12. The van der Waals surface area contributed by atoms with Gasteiger partial charge in [0.2, 0.25) is 5.82 Å². The van der Waals surface area contributed by atoms with E-state index in [1.54, 1.807) is 23.9 Å². The Labute approximate surface area is 189 Å². The topological polar surface area (TPSA) is 129 Å². The van der Waals surface area contributed by atoms with Crippen LogP contribution in [0.1, 0.15) is 11.3 Å². The molecule has 0 saturated carbocycles. The van der Waals surface area contributed by atoms with E-state index >= 15 is 0 Å². The SMILES string of the molecule is Cc1noc2ncc(S(=O)(=O)Nc3ccc(CCn4nnc(-c5ccccc5)n4)cc3)cc12. The molecular formula is C22H19N7O3S. The largest absolute Gasteiger partial charge is 0.336 e.